The van der Waals surface area contributed by atoms with Crippen molar-refractivity contribution in [1.29, 1.82) is 0 Å². The summed E-state index contributed by atoms with van der Waals surface area (Å²) in [4.78, 5) is 12.2. The third kappa shape index (κ3) is 4.83. The Kier molecular flexibility index (Phi) is 5.58. The molecule has 2 aromatic carbocycles. The molecule has 0 aliphatic heterocycles. The van der Waals surface area contributed by atoms with E-state index >= 15 is 0 Å². The molecule has 0 fully saturated rings. The monoisotopic (exact) mass is 388 g/mol. The van der Waals surface area contributed by atoms with E-state index in [9.17, 15) is 0 Å². The van der Waals surface area contributed by atoms with Crippen LogP contribution in [0.2, 0.25) is 0 Å². The third-order valence-electron chi connectivity index (χ3n) is 4.39. The van der Waals surface area contributed by atoms with Gasteiger partial charge in [0.15, 0.2) is 0 Å². The summed E-state index contributed by atoms with van der Waals surface area (Å²) in [7, 11) is 1.90. The predicted molar refractivity (Wildman–Crippen MR) is 117 cm³/mol. The van der Waals surface area contributed by atoms with Crippen molar-refractivity contribution >= 4 is 34.0 Å². The highest BCUT2D eigenvalue weighted by atomic mass is 16.5. The van der Waals surface area contributed by atoms with Crippen molar-refractivity contribution in [2.45, 2.75) is 6.92 Å². The fourth-order valence-corrected chi connectivity index (χ4v) is 3.06. The summed E-state index contributed by atoms with van der Waals surface area (Å²) in [6.45, 7) is 3.46. The molecule has 0 amide bonds. The highest BCUT2D eigenvalue weighted by Gasteiger charge is 2.04. The highest BCUT2D eigenvalue weighted by Crippen LogP contribution is 2.24. The first-order valence-corrected chi connectivity index (χ1v) is 9.53. The van der Waals surface area contributed by atoms with E-state index in [4.69, 9.17) is 4.74 Å². The number of hydrogen-bond acceptors (Lipinski definition) is 6. The smallest absolute Gasteiger partial charge is 0.229 e. The van der Waals surface area contributed by atoms with Gasteiger partial charge < -0.3 is 25.7 Å². The lowest BCUT2D eigenvalue weighted by Crippen LogP contribution is -2.15. The topological polar surface area (TPSA) is 86.9 Å². The summed E-state index contributed by atoms with van der Waals surface area (Å²) in [5.41, 5.74) is 4.10. The molecule has 0 aliphatic carbocycles. The number of H-pyrrole nitrogens is 1. The first-order valence-electron chi connectivity index (χ1n) is 9.53. The highest BCUT2D eigenvalue weighted by molar-refractivity contribution is 5.84. The van der Waals surface area contributed by atoms with E-state index in [0.29, 0.717) is 12.6 Å². The van der Waals surface area contributed by atoms with Crippen LogP contribution in [0, 0.1) is 6.92 Å². The van der Waals surface area contributed by atoms with Gasteiger partial charge in [0.2, 0.25) is 5.95 Å². The van der Waals surface area contributed by atoms with Crippen LogP contribution in [-0.2, 0) is 0 Å². The Morgan fingerprint density at radius 2 is 1.90 bits per heavy atom. The van der Waals surface area contributed by atoms with Gasteiger partial charge in [-0.05, 0) is 56.4 Å². The van der Waals surface area contributed by atoms with Crippen LogP contribution >= 0.6 is 0 Å². The Balaban J connectivity index is 1.46. The molecule has 2 aromatic heterocycles. The van der Waals surface area contributed by atoms with E-state index in [0.717, 1.165) is 46.1 Å². The van der Waals surface area contributed by atoms with Crippen molar-refractivity contribution in [3.63, 3.8) is 0 Å². The maximum absolute atomic E-state index is 5.71. The molecule has 148 valence electrons. The molecule has 0 unspecified atom stereocenters. The van der Waals surface area contributed by atoms with Crippen molar-refractivity contribution in [1.82, 2.24) is 20.3 Å². The van der Waals surface area contributed by atoms with Crippen molar-refractivity contribution in [3.05, 3.63) is 66.5 Å². The number of likely N-dealkylation sites (N-methyl/N-ethyl adjacent to an activating group) is 1. The maximum Gasteiger partial charge on any atom is 0.229 e. The lowest BCUT2D eigenvalue weighted by atomic mass is 10.2. The third-order valence-corrected chi connectivity index (χ3v) is 4.39. The number of aromatic nitrogens is 3. The lowest BCUT2D eigenvalue weighted by molar-refractivity contribution is 0.318. The first kappa shape index (κ1) is 18.8. The van der Waals surface area contributed by atoms with E-state index < -0.39 is 0 Å². The van der Waals surface area contributed by atoms with E-state index in [-0.39, 0.29) is 0 Å². The molecule has 0 atom stereocenters. The van der Waals surface area contributed by atoms with E-state index in [2.05, 4.69) is 56.0 Å². The Morgan fingerprint density at radius 3 is 2.79 bits per heavy atom. The van der Waals surface area contributed by atoms with Crippen LogP contribution in [0.1, 0.15) is 5.69 Å². The average Bonchev–Trinajstić information content (AvgIpc) is 3.08. The van der Waals surface area contributed by atoms with Gasteiger partial charge in [-0.25, -0.2) is 4.98 Å². The van der Waals surface area contributed by atoms with Crippen molar-refractivity contribution in [2.75, 3.05) is 30.8 Å². The second-order valence-electron chi connectivity index (χ2n) is 6.75. The number of aromatic amines is 1. The predicted octanol–water partition coefficient (Wildman–Crippen LogP) is 4.35. The molecule has 0 saturated carbocycles. The SMILES string of the molecule is CNCCOc1cccc(Nc2nccc(Nc3ccc4[nH]c(C)cc4c3)n2)c1. The molecule has 4 N–H and O–H groups in total. The summed E-state index contributed by atoms with van der Waals surface area (Å²) in [5.74, 6) is 2.03. The quantitative estimate of drug-likeness (QED) is 0.336. The molecule has 29 heavy (non-hydrogen) atoms. The van der Waals surface area contributed by atoms with Crippen LogP contribution in [0.3, 0.4) is 0 Å². The molecular weight excluding hydrogens is 364 g/mol. The lowest BCUT2D eigenvalue weighted by Gasteiger charge is -2.10. The van der Waals surface area contributed by atoms with Crippen LogP contribution in [0.5, 0.6) is 5.75 Å². The summed E-state index contributed by atoms with van der Waals surface area (Å²) in [6, 6.07) is 17.9. The van der Waals surface area contributed by atoms with E-state index in [1.165, 1.54) is 0 Å². The number of ether oxygens (including phenoxy) is 1. The first-order chi connectivity index (χ1) is 14.2. The number of nitrogens with one attached hydrogen (secondary N) is 4. The van der Waals surface area contributed by atoms with Crippen LogP contribution in [-0.4, -0.2) is 35.2 Å². The van der Waals surface area contributed by atoms with E-state index in [1.54, 1.807) is 6.20 Å². The number of fused-ring (bicyclic) bond motifs is 1. The molecule has 0 radical (unpaired) electrons. The minimum atomic E-state index is 0.515. The van der Waals surface area contributed by atoms with Crippen molar-refractivity contribution < 1.29 is 4.74 Å². The van der Waals surface area contributed by atoms with Gasteiger partial charge in [-0.1, -0.05) is 6.07 Å². The molecule has 7 heteroatoms. The van der Waals surface area contributed by atoms with Crippen LogP contribution in [0.15, 0.2) is 60.8 Å². The number of nitrogens with zero attached hydrogens (tertiary/aromatic N) is 2. The van der Waals surface area contributed by atoms with Crippen LogP contribution in [0.4, 0.5) is 23.1 Å². The normalized spacial score (nSPS) is 10.8. The van der Waals surface area contributed by atoms with E-state index in [1.807, 2.05) is 43.4 Å². The van der Waals surface area contributed by atoms with Gasteiger partial charge in [0.05, 0.1) is 0 Å². The molecule has 4 rings (SSSR count). The summed E-state index contributed by atoms with van der Waals surface area (Å²) >= 11 is 0. The Bertz CT molecular complexity index is 1110. The van der Waals surface area contributed by atoms with Crippen molar-refractivity contribution in [2.24, 2.45) is 0 Å². The standard InChI is InChI=1S/C22H24N6O/c1-15-12-16-13-18(6-7-20(16)25-15)26-21-8-9-24-22(28-21)27-17-4-3-5-19(14-17)29-11-10-23-2/h3-9,12-14,23,25H,10-11H2,1-2H3,(H2,24,26,27,28). The number of aryl methyl sites for hydroxylation is 1. The van der Waals surface area contributed by atoms with Gasteiger partial charge in [0, 0.05) is 46.8 Å². The van der Waals surface area contributed by atoms with Gasteiger partial charge in [0.1, 0.15) is 18.2 Å². The number of hydrogen-bond donors (Lipinski definition) is 4. The minimum Gasteiger partial charge on any atom is -0.492 e. The molecule has 0 spiro atoms. The average molecular weight is 388 g/mol. The largest absolute Gasteiger partial charge is 0.492 e. The Labute approximate surface area is 169 Å². The summed E-state index contributed by atoms with van der Waals surface area (Å²) < 4.78 is 5.71. The van der Waals surface area contributed by atoms with Crippen LogP contribution in [0.25, 0.3) is 10.9 Å². The molecule has 7 nitrogen and oxygen atoms in total. The maximum atomic E-state index is 5.71. The number of anilines is 4. The zero-order chi connectivity index (χ0) is 20.1. The summed E-state index contributed by atoms with van der Waals surface area (Å²) in [6.07, 6.45) is 1.73. The summed E-state index contributed by atoms with van der Waals surface area (Å²) in [5, 5.41) is 10.8. The van der Waals surface area contributed by atoms with Gasteiger partial charge >= 0.3 is 0 Å². The molecule has 0 bridgehead atoms. The molecule has 2 heterocycles. The van der Waals surface area contributed by atoms with Crippen molar-refractivity contribution in [3.8, 4) is 5.75 Å². The number of rotatable bonds is 8. The zero-order valence-corrected chi connectivity index (χ0v) is 16.5. The molecular formula is C22H24N6O. The Morgan fingerprint density at radius 1 is 1.00 bits per heavy atom. The van der Waals surface area contributed by atoms with Crippen LogP contribution < -0.4 is 20.7 Å². The van der Waals surface area contributed by atoms with Gasteiger partial charge in [-0.2, -0.15) is 4.98 Å². The second-order valence-corrected chi connectivity index (χ2v) is 6.75. The zero-order valence-electron chi connectivity index (χ0n) is 16.5. The molecule has 0 saturated heterocycles. The second kappa shape index (κ2) is 8.62. The minimum absolute atomic E-state index is 0.515. The number of benzene rings is 2. The fraction of sp³-hybridized carbons (Fsp3) is 0.182. The molecule has 0 aliphatic rings. The van der Waals surface area contributed by atoms with Gasteiger partial charge in [-0.15, -0.1) is 0 Å². The Hall–Kier alpha value is -3.58. The van der Waals surface area contributed by atoms with Gasteiger partial charge in [0.25, 0.3) is 0 Å². The van der Waals surface area contributed by atoms with Gasteiger partial charge in [-0.3, -0.25) is 0 Å². The fourth-order valence-electron chi connectivity index (χ4n) is 3.06. The molecule has 4 aromatic rings.